The van der Waals surface area contributed by atoms with E-state index in [-0.39, 0.29) is 6.10 Å². The zero-order valence-electron chi connectivity index (χ0n) is 16.4. The van der Waals surface area contributed by atoms with Crippen LogP contribution in [-0.4, -0.2) is 40.8 Å². The summed E-state index contributed by atoms with van der Waals surface area (Å²) in [6.45, 7) is 4.11. The normalized spacial score (nSPS) is 20.9. The smallest absolute Gasteiger partial charge is 0.171 e. The van der Waals surface area contributed by atoms with Crippen LogP contribution in [0.4, 0.5) is 0 Å². The molecule has 2 aliphatic heterocycles. The van der Waals surface area contributed by atoms with E-state index in [1.54, 1.807) is 18.9 Å². The predicted molar refractivity (Wildman–Crippen MR) is 125 cm³/mol. The number of halogens is 2. The maximum absolute atomic E-state index is 6.33. The van der Waals surface area contributed by atoms with Crippen LogP contribution in [-0.2, 0) is 0 Å². The molecule has 1 saturated heterocycles. The van der Waals surface area contributed by atoms with Crippen molar-refractivity contribution >= 4 is 43.6 Å². The zero-order chi connectivity index (χ0) is 20.3. The number of nitrogens with zero attached hydrogens (tertiary/aromatic N) is 1. The Morgan fingerprint density at radius 2 is 1.69 bits per heavy atom. The minimum Gasteiger partial charge on any atom is -0.497 e. The summed E-state index contributed by atoms with van der Waals surface area (Å²) in [5.41, 5.74) is 1.13. The summed E-state index contributed by atoms with van der Waals surface area (Å²) in [4.78, 5) is 3.62. The summed E-state index contributed by atoms with van der Waals surface area (Å²) >= 11 is 9.21. The molecule has 0 radical (unpaired) electrons. The summed E-state index contributed by atoms with van der Waals surface area (Å²) in [6, 6.07) is 14.0. The fraction of sp³-hybridized carbons (Fsp3) is 0.455. The van der Waals surface area contributed by atoms with Gasteiger partial charge in [-0.15, -0.1) is 0 Å². The van der Waals surface area contributed by atoms with E-state index in [0.29, 0.717) is 0 Å². The minimum atomic E-state index is -0.418. The van der Waals surface area contributed by atoms with Crippen molar-refractivity contribution in [2.75, 3.05) is 33.4 Å². The van der Waals surface area contributed by atoms with Crippen molar-refractivity contribution in [3.05, 3.63) is 48.0 Å². The van der Waals surface area contributed by atoms with E-state index in [4.69, 9.17) is 14.2 Å². The third-order valence-electron chi connectivity index (χ3n) is 5.26. The molecule has 29 heavy (non-hydrogen) atoms. The van der Waals surface area contributed by atoms with Gasteiger partial charge >= 0.3 is 0 Å². The number of rotatable bonds is 7. The van der Waals surface area contributed by atoms with Crippen molar-refractivity contribution in [2.24, 2.45) is 0 Å². The molecule has 2 aromatic carbocycles. The fourth-order valence-electron chi connectivity index (χ4n) is 3.69. The van der Waals surface area contributed by atoms with Gasteiger partial charge in [-0.25, -0.2) is 0 Å². The molecule has 0 N–H and O–H groups in total. The lowest BCUT2D eigenvalue weighted by Crippen LogP contribution is -2.33. The van der Waals surface area contributed by atoms with Gasteiger partial charge in [0.25, 0.3) is 0 Å². The average Bonchev–Trinajstić information content (AvgIpc) is 2.98. The molecule has 0 saturated carbocycles. The molecule has 2 aliphatic rings. The molecule has 1 unspecified atom stereocenters. The Bertz CT molecular complexity index is 825. The summed E-state index contributed by atoms with van der Waals surface area (Å²) in [7, 11) is 1.68. The van der Waals surface area contributed by atoms with Gasteiger partial charge < -0.3 is 14.2 Å². The van der Waals surface area contributed by atoms with Crippen LogP contribution in [0.2, 0.25) is 0 Å². The summed E-state index contributed by atoms with van der Waals surface area (Å²) in [5, 5.41) is 0. The maximum Gasteiger partial charge on any atom is 0.171 e. The highest BCUT2D eigenvalue weighted by molar-refractivity contribution is 9.28. The van der Waals surface area contributed by atoms with Gasteiger partial charge in [-0.2, -0.15) is 0 Å². The lowest BCUT2D eigenvalue weighted by molar-refractivity contribution is 0.183. The SMILES string of the molecule is COc1ccc2c(c1)SC(Br)(Br)C2Oc1ccc(OCCN2CCCCC2)cc1. The molecule has 4 rings (SSSR count). The Balaban J connectivity index is 1.36. The Morgan fingerprint density at radius 3 is 2.41 bits per heavy atom. The highest BCUT2D eigenvalue weighted by Gasteiger charge is 2.45. The van der Waals surface area contributed by atoms with Gasteiger partial charge in [0.15, 0.2) is 8.67 Å². The van der Waals surface area contributed by atoms with Crippen molar-refractivity contribution in [2.45, 2.75) is 32.8 Å². The number of alkyl halides is 2. The summed E-state index contributed by atoms with van der Waals surface area (Å²) < 4.78 is 17.2. The lowest BCUT2D eigenvalue weighted by Gasteiger charge is -2.26. The van der Waals surface area contributed by atoms with E-state index in [9.17, 15) is 0 Å². The van der Waals surface area contributed by atoms with Crippen molar-refractivity contribution in [3.8, 4) is 17.2 Å². The van der Waals surface area contributed by atoms with Crippen molar-refractivity contribution in [1.82, 2.24) is 4.90 Å². The van der Waals surface area contributed by atoms with Gasteiger partial charge in [0.1, 0.15) is 23.9 Å². The molecule has 4 nitrogen and oxygen atoms in total. The van der Waals surface area contributed by atoms with E-state index in [2.05, 4.69) is 42.8 Å². The molecule has 7 heteroatoms. The monoisotopic (exact) mass is 541 g/mol. The van der Waals surface area contributed by atoms with E-state index < -0.39 is 2.57 Å². The molecule has 0 aliphatic carbocycles. The number of benzene rings is 2. The van der Waals surface area contributed by atoms with E-state index in [1.807, 2.05) is 36.4 Å². The molecule has 0 amide bonds. The molecule has 0 aromatic heterocycles. The second-order valence-electron chi connectivity index (χ2n) is 7.29. The molecular formula is C22H25Br2NO3S. The molecule has 1 atom stereocenters. The van der Waals surface area contributed by atoms with E-state index in [1.165, 1.54) is 32.4 Å². The van der Waals surface area contributed by atoms with Crippen molar-refractivity contribution in [3.63, 3.8) is 0 Å². The van der Waals surface area contributed by atoms with Crippen molar-refractivity contribution < 1.29 is 14.2 Å². The second kappa shape index (κ2) is 9.50. The van der Waals surface area contributed by atoms with Crippen molar-refractivity contribution in [1.29, 1.82) is 0 Å². The number of methoxy groups -OCH3 is 1. The van der Waals surface area contributed by atoms with Crippen LogP contribution < -0.4 is 14.2 Å². The third-order valence-corrected chi connectivity index (χ3v) is 8.12. The van der Waals surface area contributed by atoms with Gasteiger partial charge in [-0.3, -0.25) is 4.90 Å². The van der Waals surface area contributed by atoms with Crippen LogP contribution in [0.15, 0.2) is 47.4 Å². The molecule has 1 fully saturated rings. The van der Waals surface area contributed by atoms with Gasteiger partial charge in [0, 0.05) is 17.0 Å². The first kappa shape index (κ1) is 21.3. The maximum atomic E-state index is 6.33. The Kier molecular flexibility index (Phi) is 6.99. The van der Waals surface area contributed by atoms with E-state index >= 15 is 0 Å². The zero-order valence-corrected chi connectivity index (χ0v) is 20.4. The van der Waals surface area contributed by atoms with Gasteiger partial charge in [-0.05, 0) is 62.3 Å². The number of piperidine rings is 1. The van der Waals surface area contributed by atoms with Crippen LogP contribution in [0, 0.1) is 0 Å². The Labute approximate surface area is 193 Å². The first-order chi connectivity index (χ1) is 14.0. The van der Waals surface area contributed by atoms with Crippen LogP contribution in [0.1, 0.15) is 30.9 Å². The number of ether oxygens (including phenoxy) is 3. The largest absolute Gasteiger partial charge is 0.497 e. The first-order valence-electron chi connectivity index (χ1n) is 9.92. The topological polar surface area (TPSA) is 30.9 Å². The lowest BCUT2D eigenvalue weighted by atomic mass is 10.1. The Morgan fingerprint density at radius 1 is 1.00 bits per heavy atom. The van der Waals surface area contributed by atoms with Gasteiger partial charge in [0.2, 0.25) is 0 Å². The molecule has 2 aromatic rings. The van der Waals surface area contributed by atoms with E-state index in [0.717, 1.165) is 40.9 Å². The first-order valence-corrected chi connectivity index (χ1v) is 12.3. The van der Waals surface area contributed by atoms with Gasteiger partial charge in [-0.1, -0.05) is 56.1 Å². The molecule has 2 heterocycles. The Hall–Kier alpha value is -0.890. The minimum absolute atomic E-state index is 0.167. The van der Waals surface area contributed by atoms with Crippen LogP contribution in [0.5, 0.6) is 17.2 Å². The number of hydrogen-bond acceptors (Lipinski definition) is 5. The van der Waals surface area contributed by atoms with Crippen LogP contribution in [0.25, 0.3) is 0 Å². The fourth-order valence-corrected chi connectivity index (χ4v) is 6.46. The van der Waals surface area contributed by atoms with Gasteiger partial charge in [0.05, 0.1) is 7.11 Å². The number of fused-ring (bicyclic) bond motifs is 1. The number of hydrogen-bond donors (Lipinski definition) is 0. The molecule has 156 valence electrons. The highest BCUT2D eigenvalue weighted by atomic mass is 79.9. The summed E-state index contributed by atoms with van der Waals surface area (Å²) in [6.07, 6.45) is 3.81. The van der Waals surface area contributed by atoms with Crippen LogP contribution in [0.3, 0.4) is 0 Å². The number of likely N-dealkylation sites (tertiary alicyclic amines) is 1. The van der Waals surface area contributed by atoms with Crippen LogP contribution >= 0.6 is 43.6 Å². The molecule has 0 spiro atoms. The molecule has 0 bridgehead atoms. The predicted octanol–water partition coefficient (Wildman–Crippen LogP) is 6.23. The second-order valence-corrected chi connectivity index (χ2v) is 13.2. The summed E-state index contributed by atoms with van der Waals surface area (Å²) in [5.74, 6) is 2.54. The molecular weight excluding hydrogens is 518 g/mol. The quantitative estimate of drug-likeness (QED) is 0.387. The standard InChI is InChI=1S/C22H25Br2NO3S/c1-26-18-9-10-19-20(15-18)29-22(23,24)21(19)28-17-7-5-16(6-8-17)27-14-13-25-11-3-2-4-12-25/h5-10,15,21H,2-4,11-14H2,1H3. The highest BCUT2D eigenvalue weighted by Crippen LogP contribution is 2.61. The average molecular weight is 543 g/mol. The number of thioether (sulfide) groups is 1. The third kappa shape index (κ3) is 5.24.